The first-order chi connectivity index (χ1) is 17.7. The van der Waals surface area contributed by atoms with Crippen LogP contribution in [0.4, 0.5) is 5.69 Å². The summed E-state index contributed by atoms with van der Waals surface area (Å²) in [4.78, 5) is 15.3. The molecule has 0 aliphatic carbocycles. The molecule has 5 N–H and O–H groups in total. The number of nitrogens with two attached hydrogens (primary N) is 2. The van der Waals surface area contributed by atoms with E-state index in [4.69, 9.17) is 10.8 Å². The molecule has 0 radical (unpaired) electrons. The molecule has 2 heterocycles. The van der Waals surface area contributed by atoms with Gasteiger partial charge in [0.05, 0.1) is 18.1 Å². The zero-order valence-corrected chi connectivity index (χ0v) is 21.6. The number of fused-ring (bicyclic) bond motifs is 1. The fourth-order valence-corrected chi connectivity index (χ4v) is 4.05. The quantitative estimate of drug-likeness (QED) is 0.377. The Morgan fingerprint density at radius 1 is 0.973 bits per heavy atom. The topological polar surface area (TPSA) is 145 Å². The fourth-order valence-electron chi connectivity index (χ4n) is 4.05. The number of nitrogens with zero attached hydrogens (tertiary/aromatic N) is 3. The van der Waals surface area contributed by atoms with Crippen molar-refractivity contribution < 1.29 is 18.3 Å². The molecule has 0 saturated carbocycles. The lowest BCUT2D eigenvalue weighted by molar-refractivity contribution is 0.0982. The molecule has 0 atom stereocenters. The average molecular weight is 522 g/mol. The van der Waals surface area contributed by atoms with Crippen LogP contribution >= 0.6 is 0 Å². The van der Waals surface area contributed by atoms with Crippen molar-refractivity contribution in [2.24, 2.45) is 10.9 Å². The highest BCUT2D eigenvalue weighted by Crippen LogP contribution is 2.33. The summed E-state index contributed by atoms with van der Waals surface area (Å²) in [6, 6.07) is 26.2. The first kappa shape index (κ1) is 27.8. The van der Waals surface area contributed by atoms with E-state index in [2.05, 4.69) is 40.6 Å². The van der Waals surface area contributed by atoms with Gasteiger partial charge in [-0.2, -0.15) is 5.10 Å². The molecule has 0 spiro atoms. The van der Waals surface area contributed by atoms with E-state index in [0.717, 1.165) is 36.7 Å². The summed E-state index contributed by atoms with van der Waals surface area (Å²) in [5.74, 6) is -0.0446. The van der Waals surface area contributed by atoms with Gasteiger partial charge >= 0.3 is 0 Å². The number of amides is 1. The van der Waals surface area contributed by atoms with E-state index in [0.29, 0.717) is 18.8 Å². The molecule has 10 heteroatoms. The number of hydrogen-bond donors (Lipinski definition) is 3. The summed E-state index contributed by atoms with van der Waals surface area (Å²) < 4.78 is 20.5. The van der Waals surface area contributed by atoms with Crippen LogP contribution in [-0.2, 0) is 23.0 Å². The molecule has 1 amide bonds. The lowest BCUT2D eigenvalue weighted by Gasteiger charge is -2.18. The summed E-state index contributed by atoms with van der Waals surface area (Å²) in [6.07, 6.45) is 3.45. The van der Waals surface area contributed by atoms with Gasteiger partial charge in [-0.1, -0.05) is 48.5 Å². The number of aliphatic hydroxyl groups is 1. The Morgan fingerprint density at radius 3 is 2.35 bits per heavy atom. The number of rotatable bonds is 4. The molecule has 0 bridgehead atoms. The molecule has 194 valence electrons. The zero-order valence-electron chi connectivity index (χ0n) is 20.8. The summed E-state index contributed by atoms with van der Waals surface area (Å²) in [5, 5.41) is 15.7. The van der Waals surface area contributed by atoms with Crippen molar-refractivity contribution >= 4 is 21.6 Å². The van der Waals surface area contributed by atoms with Crippen LogP contribution < -0.4 is 15.8 Å². The van der Waals surface area contributed by atoms with Crippen molar-refractivity contribution in [3.63, 3.8) is 0 Å². The Bertz CT molecular complexity index is 1440. The maximum atomic E-state index is 13.4. The molecule has 0 unspecified atom stereocenters. The number of aliphatic hydroxyl groups excluding tert-OH is 1. The molecular weight excluding hydrogens is 490 g/mol. The van der Waals surface area contributed by atoms with Crippen molar-refractivity contribution in [1.29, 1.82) is 0 Å². The Morgan fingerprint density at radius 2 is 1.68 bits per heavy atom. The molecule has 4 aromatic rings. The van der Waals surface area contributed by atoms with Crippen LogP contribution in [0.2, 0.25) is 0 Å². The van der Waals surface area contributed by atoms with Crippen LogP contribution in [-0.4, -0.2) is 49.1 Å². The number of primary sulfonamides is 1. The lowest BCUT2D eigenvalue weighted by atomic mass is 10.0. The van der Waals surface area contributed by atoms with E-state index in [1.165, 1.54) is 16.7 Å². The zero-order chi connectivity index (χ0) is 27.0. The van der Waals surface area contributed by atoms with Gasteiger partial charge in [0.1, 0.15) is 5.69 Å². The van der Waals surface area contributed by atoms with Gasteiger partial charge in [-0.05, 0) is 59.0 Å². The SMILES string of the molecule is CO.CS(N)(=O)=O.NCc1cccc(-n2nccc2C(=O)N2CCc3cc(-c4ccccc4)ccc32)c1. The highest BCUT2D eigenvalue weighted by atomic mass is 32.2. The molecule has 0 saturated heterocycles. The van der Waals surface area contributed by atoms with Crippen molar-refractivity contribution in [1.82, 2.24) is 9.78 Å². The summed E-state index contributed by atoms with van der Waals surface area (Å²) in [7, 11) is -2.17. The van der Waals surface area contributed by atoms with Crippen LogP contribution in [0.25, 0.3) is 16.8 Å². The van der Waals surface area contributed by atoms with Crippen molar-refractivity contribution in [3.05, 3.63) is 102 Å². The van der Waals surface area contributed by atoms with E-state index < -0.39 is 10.0 Å². The van der Waals surface area contributed by atoms with Crippen molar-refractivity contribution in [2.75, 3.05) is 24.8 Å². The number of aromatic nitrogens is 2. The largest absolute Gasteiger partial charge is 0.400 e. The molecule has 3 aromatic carbocycles. The van der Waals surface area contributed by atoms with Crippen molar-refractivity contribution in [2.45, 2.75) is 13.0 Å². The molecule has 1 aliphatic heterocycles. The van der Waals surface area contributed by atoms with Gasteiger partial charge in [0.25, 0.3) is 5.91 Å². The Labute approximate surface area is 217 Å². The van der Waals surface area contributed by atoms with E-state index in [1.54, 1.807) is 16.9 Å². The smallest absolute Gasteiger partial charge is 0.277 e. The Kier molecular flexibility index (Phi) is 9.31. The maximum absolute atomic E-state index is 13.4. The third-order valence-electron chi connectivity index (χ3n) is 5.58. The van der Waals surface area contributed by atoms with Crippen LogP contribution in [0.3, 0.4) is 0 Å². The third-order valence-corrected chi connectivity index (χ3v) is 5.58. The highest BCUT2D eigenvalue weighted by molar-refractivity contribution is 7.88. The molecule has 0 fully saturated rings. The molecule has 37 heavy (non-hydrogen) atoms. The van der Waals surface area contributed by atoms with E-state index in [9.17, 15) is 13.2 Å². The highest BCUT2D eigenvalue weighted by Gasteiger charge is 2.28. The minimum absolute atomic E-state index is 0.0446. The second-order valence-corrected chi connectivity index (χ2v) is 9.91. The minimum Gasteiger partial charge on any atom is -0.400 e. The first-order valence-corrected chi connectivity index (χ1v) is 13.5. The monoisotopic (exact) mass is 521 g/mol. The number of carbonyl (C=O) groups excluding carboxylic acids is 1. The minimum atomic E-state index is -3.17. The number of benzene rings is 3. The second kappa shape index (κ2) is 12.4. The molecular formula is C27H31N5O4S. The van der Waals surface area contributed by atoms with Crippen LogP contribution in [0.15, 0.2) is 85.1 Å². The number of anilines is 1. The lowest BCUT2D eigenvalue weighted by Crippen LogP contribution is -2.30. The number of hydrogen-bond acceptors (Lipinski definition) is 6. The molecule has 1 aliphatic rings. The molecule has 1 aromatic heterocycles. The maximum Gasteiger partial charge on any atom is 0.277 e. The van der Waals surface area contributed by atoms with Gasteiger partial charge in [-0.3, -0.25) is 4.79 Å². The van der Waals surface area contributed by atoms with Crippen LogP contribution in [0, 0.1) is 0 Å². The van der Waals surface area contributed by atoms with Crippen LogP contribution in [0.5, 0.6) is 0 Å². The van der Waals surface area contributed by atoms with E-state index in [1.807, 2.05) is 47.4 Å². The predicted molar refractivity (Wildman–Crippen MR) is 146 cm³/mol. The third kappa shape index (κ3) is 7.11. The average Bonchev–Trinajstić information content (AvgIpc) is 3.56. The molecule has 5 rings (SSSR count). The summed E-state index contributed by atoms with van der Waals surface area (Å²) >= 11 is 0. The normalized spacial score (nSPS) is 12.1. The van der Waals surface area contributed by atoms with Gasteiger partial charge in [0.2, 0.25) is 10.0 Å². The Balaban J connectivity index is 0.000000489. The summed E-state index contributed by atoms with van der Waals surface area (Å²) in [5.41, 5.74) is 12.7. The fraction of sp³-hybridized carbons (Fsp3) is 0.185. The number of carbonyl (C=O) groups is 1. The number of sulfonamides is 1. The molecule has 9 nitrogen and oxygen atoms in total. The Hall–Kier alpha value is -3.83. The van der Waals surface area contributed by atoms with Gasteiger partial charge in [0, 0.05) is 25.9 Å². The predicted octanol–water partition coefficient (Wildman–Crippen LogP) is 2.71. The summed E-state index contributed by atoms with van der Waals surface area (Å²) in [6.45, 7) is 1.11. The first-order valence-electron chi connectivity index (χ1n) is 11.5. The van der Waals surface area contributed by atoms with Gasteiger partial charge in [-0.25, -0.2) is 18.2 Å². The van der Waals surface area contributed by atoms with E-state index >= 15 is 0 Å². The van der Waals surface area contributed by atoms with Gasteiger partial charge < -0.3 is 15.7 Å². The van der Waals surface area contributed by atoms with Crippen molar-refractivity contribution in [3.8, 4) is 16.8 Å². The van der Waals surface area contributed by atoms with Crippen LogP contribution in [0.1, 0.15) is 21.6 Å². The second-order valence-electron chi connectivity index (χ2n) is 8.25. The van der Waals surface area contributed by atoms with E-state index in [-0.39, 0.29) is 5.91 Å². The standard InChI is InChI=1S/C25H22N4O.CH5NO2S.CH4O/c26-17-18-5-4-8-22(15-18)29-24(11-13-27-29)25(30)28-14-12-21-16-20(9-10-23(21)28)19-6-2-1-3-7-19;1-5(2,3)4;1-2/h1-11,13,15-16H,12,14,17,26H2;1H3,(H2,2,3,4);2H,1H3. The van der Waals surface area contributed by atoms with Gasteiger partial charge in [-0.15, -0.1) is 0 Å². The van der Waals surface area contributed by atoms with Gasteiger partial charge in [0.15, 0.2) is 0 Å².